The molecule has 0 saturated carbocycles. The number of hydrogen-bond acceptors (Lipinski definition) is 5. The van der Waals surface area contributed by atoms with E-state index in [1.165, 1.54) is 24.5 Å². The minimum Gasteiger partial charge on any atom is -0.478 e. The molecule has 2 heterocycles. The fraction of sp³-hybridized carbons (Fsp3) is 0.385. The summed E-state index contributed by atoms with van der Waals surface area (Å²) in [5, 5.41) is 8.57. The van der Waals surface area contributed by atoms with Crippen molar-refractivity contribution in [3.05, 3.63) is 30.1 Å². The molecule has 2 atom stereocenters. The molecule has 8 heteroatoms. The average molecular weight is 312 g/mol. The highest BCUT2D eigenvalue weighted by atomic mass is 32.2. The molecule has 1 saturated heterocycles. The number of nitrogens with one attached hydrogen (secondary N) is 1. The number of rotatable bonds is 5. The topological polar surface area (TPSA) is 106 Å². The summed E-state index contributed by atoms with van der Waals surface area (Å²) in [6, 6.07) is 1.10. The Morgan fingerprint density at radius 3 is 2.90 bits per heavy atom. The summed E-state index contributed by atoms with van der Waals surface area (Å²) in [5.41, 5.74) is 0.399. The number of aromatic nitrogens is 1. The van der Waals surface area contributed by atoms with Gasteiger partial charge in [0.15, 0.2) is 0 Å². The first kappa shape index (κ1) is 15.6. The lowest BCUT2D eigenvalue weighted by atomic mass is 10.2. The highest BCUT2D eigenvalue weighted by Gasteiger charge is 2.29. The Labute approximate surface area is 122 Å². The van der Waals surface area contributed by atoms with Gasteiger partial charge < -0.3 is 9.84 Å². The second kappa shape index (κ2) is 6.33. The summed E-state index contributed by atoms with van der Waals surface area (Å²) >= 11 is 0. The minimum absolute atomic E-state index is 0.00543. The van der Waals surface area contributed by atoms with E-state index in [-0.39, 0.29) is 17.0 Å². The van der Waals surface area contributed by atoms with E-state index >= 15 is 0 Å². The Bertz CT molecular complexity index is 656. The van der Waals surface area contributed by atoms with E-state index in [1.807, 2.05) is 6.92 Å². The van der Waals surface area contributed by atoms with Crippen molar-refractivity contribution in [2.24, 2.45) is 0 Å². The molecule has 0 amide bonds. The van der Waals surface area contributed by atoms with Gasteiger partial charge in [0, 0.05) is 25.1 Å². The summed E-state index contributed by atoms with van der Waals surface area (Å²) < 4.78 is 32.5. The molecule has 0 radical (unpaired) electrons. The molecule has 1 aliphatic heterocycles. The molecule has 114 valence electrons. The van der Waals surface area contributed by atoms with Crippen LogP contribution in [0.2, 0.25) is 0 Å². The van der Waals surface area contributed by atoms with Crippen molar-refractivity contribution in [1.29, 1.82) is 0 Å². The third-order valence-corrected chi connectivity index (χ3v) is 4.60. The molecule has 0 spiro atoms. The Morgan fingerprint density at radius 1 is 1.52 bits per heavy atom. The quantitative estimate of drug-likeness (QED) is 0.773. The number of nitrogens with zero attached hydrogens (tertiary/aromatic N) is 1. The number of carboxylic acid groups (broad SMARTS) is 1. The minimum atomic E-state index is -3.71. The first-order valence-corrected chi connectivity index (χ1v) is 7.87. The van der Waals surface area contributed by atoms with Crippen LogP contribution in [0.15, 0.2) is 29.4 Å². The van der Waals surface area contributed by atoms with E-state index in [1.54, 1.807) is 0 Å². The van der Waals surface area contributed by atoms with Crippen LogP contribution in [0.1, 0.15) is 18.9 Å². The van der Waals surface area contributed by atoms with Gasteiger partial charge in [-0.1, -0.05) is 0 Å². The van der Waals surface area contributed by atoms with Crippen LogP contribution in [0.4, 0.5) is 0 Å². The lowest BCUT2D eigenvalue weighted by Gasteiger charge is -2.16. The van der Waals surface area contributed by atoms with E-state index in [0.717, 1.165) is 6.08 Å². The largest absolute Gasteiger partial charge is 0.478 e. The van der Waals surface area contributed by atoms with Gasteiger partial charge in [-0.05, 0) is 31.1 Å². The van der Waals surface area contributed by atoms with Crippen LogP contribution >= 0.6 is 0 Å². The van der Waals surface area contributed by atoms with Gasteiger partial charge in [0.05, 0.1) is 12.1 Å². The zero-order chi connectivity index (χ0) is 15.5. The number of aliphatic carboxylic acids is 1. The molecule has 1 aromatic rings. The van der Waals surface area contributed by atoms with Gasteiger partial charge in [-0.25, -0.2) is 17.9 Å². The van der Waals surface area contributed by atoms with Crippen molar-refractivity contribution in [3.8, 4) is 0 Å². The van der Waals surface area contributed by atoms with Crippen molar-refractivity contribution >= 4 is 22.1 Å². The van der Waals surface area contributed by atoms with Gasteiger partial charge in [0.1, 0.15) is 4.90 Å². The van der Waals surface area contributed by atoms with Gasteiger partial charge in [-0.2, -0.15) is 0 Å². The van der Waals surface area contributed by atoms with Crippen molar-refractivity contribution in [2.75, 3.05) is 6.61 Å². The molecule has 1 aliphatic rings. The number of carbonyl (C=O) groups is 1. The van der Waals surface area contributed by atoms with E-state index < -0.39 is 16.0 Å². The first-order chi connectivity index (χ1) is 9.88. The number of sulfonamides is 1. The van der Waals surface area contributed by atoms with E-state index in [0.29, 0.717) is 18.6 Å². The second-order valence-corrected chi connectivity index (χ2v) is 6.43. The Morgan fingerprint density at radius 2 is 2.29 bits per heavy atom. The summed E-state index contributed by atoms with van der Waals surface area (Å²) in [7, 11) is -3.71. The summed E-state index contributed by atoms with van der Waals surface area (Å²) in [6.07, 6.45) is 5.26. The molecule has 0 bridgehead atoms. The maximum absolute atomic E-state index is 12.3. The van der Waals surface area contributed by atoms with E-state index in [9.17, 15) is 13.2 Å². The highest BCUT2D eigenvalue weighted by molar-refractivity contribution is 7.89. The zero-order valence-electron chi connectivity index (χ0n) is 11.4. The van der Waals surface area contributed by atoms with Crippen LogP contribution in [0.25, 0.3) is 6.08 Å². The maximum Gasteiger partial charge on any atom is 0.328 e. The van der Waals surface area contributed by atoms with Crippen molar-refractivity contribution in [3.63, 3.8) is 0 Å². The van der Waals surface area contributed by atoms with Gasteiger partial charge >= 0.3 is 5.97 Å². The van der Waals surface area contributed by atoms with Crippen molar-refractivity contribution in [2.45, 2.75) is 30.4 Å². The van der Waals surface area contributed by atoms with Gasteiger partial charge in [0.2, 0.25) is 10.0 Å². The maximum atomic E-state index is 12.3. The van der Waals surface area contributed by atoms with Gasteiger partial charge in [0.25, 0.3) is 0 Å². The fourth-order valence-corrected chi connectivity index (χ4v) is 3.33. The SMILES string of the molecule is CC1OCCC1NS(=O)(=O)c1cncc(/C=C/C(=O)O)c1. The van der Waals surface area contributed by atoms with Crippen LogP contribution in [-0.2, 0) is 19.6 Å². The number of ether oxygens (including phenoxy) is 1. The van der Waals surface area contributed by atoms with E-state index in [4.69, 9.17) is 9.84 Å². The standard InChI is InChI=1S/C13H16N2O5S/c1-9-12(4-5-20-9)15-21(18,19)11-6-10(7-14-8-11)2-3-13(16)17/h2-3,6-9,12,15H,4-5H2,1H3,(H,16,17)/b3-2+. The molecular weight excluding hydrogens is 296 g/mol. The third-order valence-electron chi connectivity index (χ3n) is 3.15. The van der Waals surface area contributed by atoms with Crippen LogP contribution in [0.3, 0.4) is 0 Å². The third kappa shape index (κ3) is 4.10. The second-order valence-electron chi connectivity index (χ2n) is 4.72. The lowest BCUT2D eigenvalue weighted by Crippen LogP contribution is -2.39. The fourth-order valence-electron chi connectivity index (χ4n) is 2.00. The molecule has 0 aromatic carbocycles. The van der Waals surface area contributed by atoms with E-state index in [2.05, 4.69) is 9.71 Å². The highest BCUT2D eigenvalue weighted by Crippen LogP contribution is 2.17. The van der Waals surface area contributed by atoms with Crippen LogP contribution in [0.5, 0.6) is 0 Å². The predicted molar refractivity (Wildman–Crippen MR) is 75.0 cm³/mol. The Kier molecular flexibility index (Phi) is 4.71. The monoisotopic (exact) mass is 312 g/mol. The summed E-state index contributed by atoms with van der Waals surface area (Å²) in [4.78, 5) is 14.3. The molecular formula is C13H16N2O5S. The zero-order valence-corrected chi connectivity index (χ0v) is 12.2. The van der Waals surface area contributed by atoms with Crippen molar-refractivity contribution in [1.82, 2.24) is 9.71 Å². The average Bonchev–Trinajstić information content (AvgIpc) is 2.82. The molecule has 2 N–H and O–H groups in total. The van der Waals surface area contributed by atoms with Gasteiger partial charge in [-0.3, -0.25) is 4.98 Å². The van der Waals surface area contributed by atoms with Crippen LogP contribution in [-0.4, -0.2) is 43.2 Å². The molecule has 2 rings (SSSR count). The molecule has 2 unspecified atom stereocenters. The van der Waals surface area contributed by atoms with Crippen LogP contribution in [0, 0.1) is 0 Å². The predicted octanol–water partition coefficient (Wildman–Crippen LogP) is 0.635. The number of hydrogen-bond donors (Lipinski definition) is 2. The number of carboxylic acids is 1. The lowest BCUT2D eigenvalue weighted by molar-refractivity contribution is -0.131. The molecule has 1 fully saturated rings. The van der Waals surface area contributed by atoms with Crippen LogP contribution < -0.4 is 4.72 Å². The number of pyridine rings is 1. The Hall–Kier alpha value is -1.77. The van der Waals surface area contributed by atoms with Gasteiger partial charge in [-0.15, -0.1) is 0 Å². The van der Waals surface area contributed by atoms with Crippen molar-refractivity contribution < 1.29 is 23.1 Å². The summed E-state index contributed by atoms with van der Waals surface area (Å²) in [6.45, 7) is 2.33. The molecule has 21 heavy (non-hydrogen) atoms. The Balaban J connectivity index is 2.20. The smallest absolute Gasteiger partial charge is 0.328 e. The first-order valence-electron chi connectivity index (χ1n) is 6.38. The molecule has 0 aliphatic carbocycles. The molecule has 7 nitrogen and oxygen atoms in total. The normalized spacial score (nSPS) is 22.7. The summed E-state index contributed by atoms with van der Waals surface area (Å²) in [5.74, 6) is -1.11. The molecule has 1 aromatic heterocycles.